The molecule has 1 fully saturated rings. The van der Waals surface area contributed by atoms with Crippen molar-refractivity contribution in [2.75, 3.05) is 24.7 Å². The normalized spacial score (nSPS) is 17.2. The van der Waals surface area contributed by atoms with E-state index in [9.17, 15) is 13.6 Å². The summed E-state index contributed by atoms with van der Waals surface area (Å²) >= 11 is 0. The number of nitrogens with zero attached hydrogens (tertiary/aromatic N) is 5. The molecule has 0 bridgehead atoms. The zero-order chi connectivity index (χ0) is 19.0. The van der Waals surface area contributed by atoms with Gasteiger partial charge >= 0.3 is 0 Å². The third-order valence-corrected chi connectivity index (χ3v) is 4.39. The Morgan fingerprint density at radius 3 is 3.04 bits per heavy atom. The van der Waals surface area contributed by atoms with Gasteiger partial charge in [-0.15, -0.1) is 0 Å². The van der Waals surface area contributed by atoms with Crippen LogP contribution in [0.4, 0.5) is 14.7 Å². The Morgan fingerprint density at radius 1 is 1.41 bits per heavy atom. The first kappa shape index (κ1) is 17.1. The van der Waals surface area contributed by atoms with Gasteiger partial charge in [0, 0.05) is 12.6 Å². The lowest BCUT2D eigenvalue weighted by molar-refractivity contribution is 0.0944. The first-order chi connectivity index (χ1) is 13.1. The van der Waals surface area contributed by atoms with Crippen LogP contribution < -0.4 is 10.5 Å². The van der Waals surface area contributed by atoms with Gasteiger partial charge in [0.1, 0.15) is 16.9 Å². The molecule has 0 unspecified atom stereocenters. The van der Waals surface area contributed by atoms with Crippen molar-refractivity contribution in [3.8, 4) is 11.8 Å². The summed E-state index contributed by atoms with van der Waals surface area (Å²) in [6.45, 7) is 1.20. The second-order valence-corrected chi connectivity index (χ2v) is 6.06. The number of benzene rings is 1. The van der Waals surface area contributed by atoms with Crippen LogP contribution in [0.1, 0.15) is 6.42 Å². The Hall–Kier alpha value is -3.32. The number of H-pyrrole nitrogens is 1. The highest BCUT2D eigenvalue weighted by Crippen LogP contribution is 2.21. The van der Waals surface area contributed by atoms with Crippen molar-refractivity contribution in [1.82, 2.24) is 19.7 Å². The number of ether oxygens (including phenoxy) is 1. The highest BCUT2D eigenvalue weighted by molar-refractivity contribution is 5.76. The third kappa shape index (κ3) is 3.02. The van der Waals surface area contributed by atoms with Crippen LogP contribution in [0.25, 0.3) is 16.7 Å². The Morgan fingerprint density at radius 2 is 2.26 bits per heavy atom. The average Bonchev–Trinajstić information content (AvgIpc) is 3.07. The maximum absolute atomic E-state index is 14.2. The number of hydrogen-bond acceptors (Lipinski definition) is 6. The van der Waals surface area contributed by atoms with E-state index in [0.29, 0.717) is 19.8 Å². The lowest BCUT2D eigenvalue weighted by Gasteiger charge is -2.34. The van der Waals surface area contributed by atoms with Gasteiger partial charge in [0.25, 0.3) is 5.56 Å². The summed E-state index contributed by atoms with van der Waals surface area (Å²) in [4.78, 5) is 21.4. The molecule has 0 spiro atoms. The van der Waals surface area contributed by atoms with E-state index in [2.05, 4.69) is 21.1 Å². The van der Waals surface area contributed by atoms with Crippen LogP contribution in [-0.4, -0.2) is 45.5 Å². The molecule has 8 nitrogen and oxygen atoms in total. The molecule has 1 saturated heterocycles. The second-order valence-electron chi connectivity index (χ2n) is 6.06. The van der Waals surface area contributed by atoms with Crippen LogP contribution in [0.5, 0.6) is 0 Å². The number of morpholine rings is 1. The molecule has 1 atom stereocenters. The first-order valence-corrected chi connectivity index (χ1v) is 8.23. The van der Waals surface area contributed by atoms with E-state index in [0.717, 1.165) is 16.8 Å². The summed E-state index contributed by atoms with van der Waals surface area (Å²) in [7, 11) is 0. The molecule has 4 rings (SSSR count). The van der Waals surface area contributed by atoms with Crippen LogP contribution >= 0.6 is 0 Å². The maximum Gasteiger partial charge on any atom is 0.263 e. The molecule has 3 heterocycles. The number of nitriles is 1. The summed E-state index contributed by atoms with van der Waals surface area (Å²) in [5.41, 5.74) is -0.321. The molecule has 1 aliphatic rings. The highest BCUT2D eigenvalue weighted by Gasteiger charge is 2.26. The summed E-state index contributed by atoms with van der Waals surface area (Å²) < 4.78 is 33.9. The molecule has 0 aliphatic carbocycles. The molecule has 138 valence electrons. The average molecular weight is 372 g/mol. The van der Waals surface area contributed by atoms with Gasteiger partial charge in [-0.1, -0.05) is 0 Å². The van der Waals surface area contributed by atoms with Gasteiger partial charge in [-0.25, -0.2) is 13.5 Å². The van der Waals surface area contributed by atoms with Crippen molar-refractivity contribution >= 4 is 17.0 Å². The van der Waals surface area contributed by atoms with E-state index >= 15 is 0 Å². The molecule has 0 radical (unpaired) electrons. The molecule has 0 amide bonds. The molecule has 2 aromatic heterocycles. The van der Waals surface area contributed by atoms with Crippen molar-refractivity contribution in [2.24, 2.45) is 0 Å². The molecule has 3 aromatic rings. The smallest absolute Gasteiger partial charge is 0.263 e. The number of halogens is 2. The van der Waals surface area contributed by atoms with Gasteiger partial charge in [-0.3, -0.25) is 9.78 Å². The van der Waals surface area contributed by atoms with Crippen LogP contribution in [0, 0.1) is 23.0 Å². The third-order valence-electron chi connectivity index (χ3n) is 4.39. The molecule has 1 aromatic carbocycles. The van der Waals surface area contributed by atoms with Crippen molar-refractivity contribution in [3.63, 3.8) is 0 Å². The van der Waals surface area contributed by atoms with Crippen LogP contribution in [-0.2, 0) is 4.74 Å². The van der Waals surface area contributed by atoms with Gasteiger partial charge in [0.05, 0.1) is 37.9 Å². The van der Waals surface area contributed by atoms with Gasteiger partial charge in [0.15, 0.2) is 11.5 Å². The number of aromatic amines is 1. The van der Waals surface area contributed by atoms with Gasteiger partial charge in [-0.05, 0) is 12.1 Å². The fraction of sp³-hybridized carbons (Fsp3) is 0.294. The van der Waals surface area contributed by atoms with E-state index in [1.54, 1.807) is 4.90 Å². The molecular formula is C17H14F2N6O2. The van der Waals surface area contributed by atoms with Crippen LogP contribution in [0.2, 0.25) is 0 Å². The number of anilines is 1. The summed E-state index contributed by atoms with van der Waals surface area (Å²) in [5.74, 6) is -1.29. The van der Waals surface area contributed by atoms with E-state index in [4.69, 9.17) is 10.00 Å². The standard InChI is InChI=1S/C17H14F2N6O2/c18-10-1-2-14(13(19)7-10)25-15-12(8-21-25)16(26)23-17(22-15)24-5-6-27-9-11(24)3-4-20/h1-2,7-8,11H,3,5-6,9H2,(H,22,23,26)/t11-/m1/s1. The Labute approximate surface area is 151 Å². The fourth-order valence-electron chi connectivity index (χ4n) is 3.08. The van der Waals surface area contributed by atoms with E-state index < -0.39 is 17.2 Å². The number of nitrogens with one attached hydrogen (secondary N) is 1. The van der Waals surface area contributed by atoms with Crippen molar-refractivity contribution in [3.05, 3.63) is 46.4 Å². The summed E-state index contributed by atoms with van der Waals surface area (Å²) in [6, 6.07) is 4.90. The minimum atomic E-state index is -0.822. The zero-order valence-electron chi connectivity index (χ0n) is 14.0. The van der Waals surface area contributed by atoms with Crippen molar-refractivity contribution in [2.45, 2.75) is 12.5 Å². The highest BCUT2D eigenvalue weighted by atomic mass is 19.1. The minimum absolute atomic E-state index is 0.0222. The predicted octanol–water partition coefficient (Wildman–Crippen LogP) is 1.51. The van der Waals surface area contributed by atoms with Gasteiger partial charge in [-0.2, -0.15) is 15.3 Å². The Balaban J connectivity index is 1.85. The first-order valence-electron chi connectivity index (χ1n) is 8.23. The lowest BCUT2D eigenvalue weighted by Crippen LogP contribution is -2.46. The van der Waals surface area contributed by atoms with Crippen LogP contribution in [0.3, 0.4) is 0 Å². The second kappa shape index (κ2) is 6.77. The largest absolute Gasteiger partial charge is 0.377 e. The number of fused-ring (bicyclic) bond motifs is 1. The molecule has 1 N–H and O–H groups in total. The quantitative estimate of drug-likeness (QED) is 0.748. The Bertz CT molecular complexity index is 1100. The molecule has 0 saturated carbocycles. The zero-order valence-corrected chi connectivity index (χ0v) is 14.0. The summed E-state index contributed by atoms with van der Waals surface area (Å²) in [5, 5.41) is 13.2. The van der Waals surface area contributed by atoms with Gasteiger partial charge < -0.3 is 9.64 Å². The van der Waals surface area contributed by atoms with Gasteiger partial charge in [0.2, 0.25) is 5.95 Å². The van der Waals surface area contributed by atoms with Crippen LogP contribution in [0.15, 0.2) is 29.2 Å². The topological polar surface area (TPSA) is 99.8 Å². The lowest BCUT2D eigenvalue weighted by atomic mass is 10.2. The summed E-state index contributed by atoms with van der Waals surface area (Å²) in [6.07, 6.45) is 1.48. The predicted molar refractivity (Wildman–Crippen MR) is 91.6 cm³/mol. The number of aromatic nitrogens is 4. The van der Waals surface area contributed by atoms with Crippen molar-refractivity contribution in [1.29, 1.82) is 5.26 Å². The number of rotatable bonds is 3. The van der Waals surface area contributed by atoms with Crippen molar-refractivity contribution < 1.29 is 13.5 Å². The molecule has 10 heteroatoms. The minimum Gasteiger partial charge on any atom is -0.377 e. The molecule has 27 heavy (non-hydrogen) atoms. The molecule has 1 aliphatic heterocycles. The van der Waals surface area contributed by atoms with E-state index in [-0.39, 0.29) is 35.1 Å². The number of hydrogen-bond donors (Lipinski definition) is 1. The Kier molecular flexibility index (Phi) is 4.29. The molecular weight excluding hydrogens is 358 g/mol. The van der Waals surface area contributed by atoms with E-state index in [1.807, 2.05) is 0 Å². The SMILES string of the molecule is N#CC[C@@H]1COCCN1c1nc2c(cnn2-c2ccc(F)cc2F)c(=O)[nH]1. The monoisotopic (exact) mass is 372 g/mol. The van der Waals surface area contributed by atoms with E-state index in [1.165, 1.54) is 12.3 Å². The fourth-order valence-corrected chi connectivity index (χ4v) is 3.08. The maximum atomic E-state index is 14.2.